The summed E-state index contributed by atoms with van der Waals surface area (Å²) in [4.78, 5) is -0.283. The third kappa shape index (κ3) is 3.51. The van der Waals surface area contributed by atoms with Crippen molar-refractivity contribution in [2.75, 3.05) is 19.6 Å². The smallest absolute Gasteiger partial charge is 0.246 e. The monoisotopic (exact) mass is 274 g/mol. The second-order valence-corrected chi connectivity index (χ2v) is 5.88. The molecule has 0 heterocycles. The fourth-order valence-corrected chi connectivity index (χ4v) is 3.18. The summed E-state index contributed by atoms with van der Waals surface area (Å²) in [5.74, 6) is -0.726. The zero-order valence-electron chi connectivity index (χ0n) is 10.5. The molecule has 0 radical (unpaired) electrons. The van der Waals surface area contributed by atoms with Crippen molar-refractivity contribution in [1.82, 2.24) is 4.31 Å². The van der Waals surface area contributed by atoms with E-state index in [-0.39, 0.29) is 18.0 Å². The maximum absolute atomic E-state index is 13.6. The van der Waals surface area contributed by atoms with E-state index in [0.29, 0.717) is 6.54 Å². The van der Waals surface area contributed by atoms with Crippen molar-refractivity contribution >= 4 is 10.0 Å². The molecule has 1 aromatic rings. The van der Waals surface area contributed by atoms with Gasteiger partial charge < -0.3 is 5.73 Å². The minimum atomic E-state index is -3.79. The zero-order chi connectivity index (χ0) is 13.6. The van der Waals surface area contributed by atoms with E-state index >= 15 is 0 Å². The molecule has 1 rings (SSSR count). The van der Waals surface area contributed by atoms with Gasteiger partial charge in [-0.25, -0.2) is 12.8 Å². The van der Waals surface area contributed by atoms with Crippen LogP contribution in [0, 0.1) is 5.82 Å². The summed E-state index contributed by atoms with van der Waals surface area (Å²) >= 11 is 0. The highest BCUT2D eigenvalue weighted by atomic mass is 32.2. The maximum Gasteiger partial charge on any atom is 0.246 e. The van der Waals surface area contributed by atoms with Crippen molar-refractivity contribution in [3.8, 4) is 0 Å². The Balaban J connectivity index is 3.05. The lowest BCUT2D eigenvalue weighted by molar-refractivity contribution is 0.406. The van der Waals surface area contributed by atoms with E-state index < -0.39 is 15.8 Å². The Morgan fingerprint density at radius 1 is 1.28 bits per heavy atom. The van der Waals surface area contributed by atoms with Gasteiger partial charge in [-0.05, 0) is 18.6 Å². The molecule has 0 spiro atoms. The van der Waals surface area contributed by atoms with Crippen LogP contribution in [0.5, 0.6) is 0 Å². The quantitative estimate of drug-likeness (QED) is 0.821. The van der Waals surface area contributed by atoms with E-state index in [2.05, 4.69) is 0 Å². The second kappa shape index (κ2) is 6.82. The van der Waals surface area contributed by atoms with E-state index in [1.165, 1.54) is 22.5 Å². The molecule has 0 aromatic heterocycles. The number of nitrogens with two attached hydrogens (primary N) is 1. The third-order valence-electron chi connectivity index (χ3n) is 2.59. The number of sulfonamides is 1. The van der Waals surface area contributed by atoms with Crippen LogP contribution in [-0.2, 0) is 10.0 Å². The fraction of sp³-hybridized carbons (Fsp3) is 0.500. The topological polar surface area (TPSA) is 63.4 Å². The molecule has 0 saturated carbocycles. The average molecular weight is 274 g/mol. The molecule has 0 aliphatic rings. The summed E-state index contributed by atoms with van der Waals surface area (Å²) in [5.41, 5.74) is 5.41. The molecule has 0 unspecified atom stereocenters. The Bertz CT molecular complexity index is 477. The molecule has 18 heavy (non-hydrogen) atoms. The lowest BCUT2D eigenvalue weighted by Gasteiger charge is -2.21. The summed E-state index contributed by atoms with van der Waals surface area (Å²) in [6.45, 7) is 2.76. The molecule has 0 amide bonds. The Hall–Kier alpha value is -0.980. The number of nitrogens with zero attached hydrogens (tertiary/aromatic N) is 1. The van der Waals surface area contributed by atoms with Crippen molar-refractivity contribution in [3.05, 3.63) is 30.1 Å². The molecule has 0 saturated heterocycles. The van der Waals surface area contributed by atoms with Crippen molar-refractivity contribution in [3.63, 3.8) is 0 Å². The normalized spacial score (nSPS) is 12.0. The van der Waals surface area contributed by atoms with E-state index in [9.17, 15) is 12.8 Å². The van der Waals surface area contributed by atoms with Gasteiger partial charge in [0, 0.05) is 19.6 Å². The summed E-state index contributed by atoms with van der Waals surface area (Å²) in [5, 5.41) is 0. The van der Waals surface area contributed by atoms with Crippen LogP contribution in [0.3, 0.4) is 0 Å². The van der Waals surface area contributed by atoms with Gasteiger partial charge in [-0.2, -0.15) is 4.31 Å². The molecule has 0 atom stereocenters. The van der Waals surface area contributed by atoms with E-state index in [1.807, 2.05) is 6.92 Å². The molecule has 1 aromatic carbocycles. The SMILES string of the molecule is CCCCN(CCN)S(=O)(=O)c1ccccc1F. The van der Waals surface area contributed by atoms with Crippen LogP contribution < -0.4 is 5.73 Å². The van der Waals surface area contributed by atoms with Crippen LogP contribution in [0.2, 0.25) is 0 Å². The first-order valence-electron chi connectivity index (χ1n) is 5.98. The molecule has 2 N–H and O–H groups in total. The number of hydrogen-bond acceptors (Lipinski definition) is 3. The minimum Gasteiger partial charge on any atom is -0.329 e. The molecule has 6 heteroatoms. The first-order chi connectivity index (χ1) is 8.54. The largest absolute Gasteiger partial charge is 0.329 e. The van der Waals surface area contributed by atoms with Gasteiger partial charge in [-0.15, -0.1) is 0 Å². The molecular weight excluding hydrogens is 255 g/mol. The lowest BCUT2D eigenvalue weighted by Crippen LogP contribution is -2.36. The van der Waals surface area contributed by atoms with E-state index in [1.54, 1.807) is 0 Å². The number of hydrogen-bond donors (Lipinski definition) is 1. The van der Waals surface area contributed by atoms with Crippen LogP contribution in [0.1, 0.15) is 19.8 Å². The van der Waals surface area contributed by atoms with Gasteiger partial charge in [-0.3, -0.25) is 0 Å². The van der Waals surface area contributed by atoms with Crippen LogP contribution in [0.25, 0.3) is 0 Å². The van der Waals surface area contributed by atoms with Crippen LogP contribution in [-0.4, -0.2) is 32.4 Å². The third-order valence-corrected chi connectivity index (χ3v) is 4.53. The minimum absolute atomic E-state index is 0.205. The van der Waals surface area contributed by atoms with Crippen LogP contribution >= 0.6 is 0 Å². The Labute approximate surface area is 108 Å². The molecule has 0 aliphatic heterocycles. The molecule has 0 aliphatic carbocycles. The highest BCUT2D eigenvalue weighted by molar-refractivity contribution is 7.89. The number of rotatable bonds is 7. The average Bonchev–Trinajstić information content (AvgIpc) is 2.34. The Morgan fingerprint density at radius 2 is 1.94 bits per heavy atom. The summed E-state index contributed by atoms with van der Waals surface area (Å²) in [6.07, 6.45) is 1.60. The van der Waals surface area contributed by atoms with Crippen molar-refractivity contribution < 1.29 is 12.8 Å². The van der Waals surface area contributed by atoms with Gasteiger partial charge in [0.25, 0.3) is 0 Å². The predicted octanol–water partition coefficient (Wildman–Crippen LogP) is 1.58. The first kappa shape index (κ1) is 15.1. The van der Waals surface area contributed by atoms with Gasteiger partial charge in [0.1, 0.15) is 10.7 Å². The highest BCUT2D eigenvalue weighted by Crippen LogP contribution is 2.19. The van der Waals surface area contributed by atoms with Gasteiger partial charge >= 0.3 is 0 Å². The van der Waals surface area contributed by atoms with Crippen LogP contribution in [0.4, 0.5) is 4.39 Å². The fourth-order valence-electron chi connectivity index (χ4n) is 1.62. The predicted molar refractivity (Wildman–Crippen MR) is 69.1 cm³/mol. The Kier molecular flexibility index (Phi) is 5.71. The molecule has 0 fully saturated rings. The summed E-state index contributed by atoms with van der Waals surface area (Å²) in [7, 11) is -3.79. The van der Waals surface area contributed by atoms with E-state index in [4.69, 9.17) is 5.73 Å². The number of benzene rings is 1. The number of halogens is 1. The standard InChI is InChI=1S/C12H19FN2O2S/c1-2-3-9-15(10-8-14)18(16,17)12-7-5-4-6-11(12)13/h4-7H,2-3,8-10,14H2,1H3. The van der Waals surface area contributed by atoms with E-state index in [0.717, 1.165) is 18.9 Å². The molecule has 0 bridgehead atoms. The van der Waals surface area contributed by atoms with Crippen LogP contribution in [0.15, 0.2) is 29.2 Å². The van der Waals surface area contributed by atoms with Gasteiger partial charge in [0.2, 0.25) is 10.0 Å². The second-order valence-electron chi connectivity index (χ2n) is 3.98. The zero-order valence-corrected chi connectivity index (χ0v) is 11.3. The van der Waals surface area contributed by atoms with Crippen molar-refractivity contribution in [2.45, 2.75) is 24.7 Å². The number of unbranched alkanes of at least 4 members (excludes halogenated alkanes) is 1. The van der Waals surface area contributed by atoms with Gasteiger partial charge in [-0.1, -0.05) is 25.5 Å². The molecule has 4 nitrogen and oxygen atoms in total. The van der Waals surface area contributed by atoms with Crippen molar-refractivity contribution in [1.29, 1.82) is 0 Å². The highest BCUT2D eigenvalue weighted by Gasteiger charge is 2.25. The Morgan fingerprint density at radius 3 is 2.50 bits per heavy atom. The first-order valence-corrected chi connectivity index (χ1v) is 7.42. The molecule has 102 valence electrons. The maximum atomic E-state index is 13.6. The van der Waals surface area contributed by atoms with Gasteiger partial charge in [0.05, 0.1) is 0 Å². The summed E-state index contributed by atoms with van der Waals surface area (Å²) < 4.78 is 39.4. The van der Waals surface area contributed by atoms with Gasteiger partial charge in [0.15, 0.2) is 0 Å². The lowest BCUT2D eigenvalue weighted by atomic mass is 10.3. The summed E-state index contributed by atoms with van der Waals surface area (Å²) in [6, 6.07) is 5.40. The molecular formula is C12H19FN2O2S. The van der Waals surface area contributed by atoms with Crippen molar-refractivity contribution in [2.24, 2.45) is 5.73 Å².